The van der Waals surface area contributed by atoms with E-state index >= 15 is 0 Å². The fourth-order valence-corrected chi connectivity index (χ4v) is 5.38. The van der Waals surface area contributed by atoms with Crippen molar-refractivity contribution in [3.8, 4) is 5.75 Å². The molecule has 0 unspecified atom stereocenters. The number of hydrogen-bond donors (Lipinski definition) is 1. The summed E-state index contributed by atoms with van der Waals surface area (Å²) in [6, 6.07) is 6.67. The van der Waals surface area contributed by atoms with Gasteiger partial charge in [0.15, 0.2) is 0 Å². The van der Waals surface area contributed by atoms with Crippen LogP contribution in [0.3, 0.4) is 0 Å². The van der Waals surface area contributed by atoms with Gasteiger partial charge in [0.2, 0.25) is 0 Å². The van der Waals surface area contributed by atoms with E-state index in [1.54, 1.807) is 0 Å². The number of phenolic OH excluding ortho intramolecular Hbond substituents is 1. The first-order valence-corrected chi connectivity index (χ1v) is 10.5. The van der Waals surface area contributed by atoms with Crippen LogP contribution in [0.15, 0.2) is 18.2 Å². The minimum Gasteiger partial charge on any atom is -0.508 e. The van der Waals surface area contributed by atoms with Crippen molar-refractivity contribution < 1.29 is 5.11 Å². The van der Waals surface area contributed by atoms with Crippen LogP contribution in [-0.4, -0.2) is 29.6 Å². The molecule has 0 fully saturated rings. The standard InChI is InChI=1S/C23H39NO/c1-6-9-10-15-24(5)22-19(11-7-2)16-18-12-13-20(25)17-21(18)23(22,4)14-8-3/h12-13,17,19,22,25H,6-11,14-16H2,1-5H3/t19-,22-,23+/m0/s1. The van der Waals surface area contributed by atoms with Gasteiger partial charge in [0, 0.05) is 11.5 Å². The Balaban J connectivity index is 2.42. The second-order valence-electron chi connectivity index (χ2n) is 8.39. The molecular formula is C23H39NO. The van der Waals surface area contributed by atoms with E-state index < -0.39 is 0 Å². The third kappa shape index (κ3) is 4.39. The normalized spacial score (nSPS) is 26.0. The van der Waals surface area contributed by atoms with Crippen molar-refractivity contribution in [1.29, 1.82) is 0 Å². The molecule has 1 N–H and O–H groups in total. The summed E-state index contributed by atoms with van der Waals surface area (Å²) < 4.78 is 0. The molecule has 0 radical (unpaired) electrons. The van der Waals surface area contributed by atoms with E-state index in [0.717, 1.165) is 6.42 Å². The second-order valence-corrected chi connectivity index (χ2v) is 8.39. The first kappa shape index (κ1) is 20.3. The van der Waals surface area contributed by atoms with Crippen LogP contribution in [0.1, 0.15) is 83.8 Å². The minimum atomic E-state index is 0.127. The van der Waals surface area contributed by atoms with E-state index in [4.69, 9.17) is 0 Å². The average Bonchev–Trinajstić information content (AvgIpc) is 2.56. The second kappa shape index (κ2) is 9.07. The highest BCUT2D eigenvalue weighted by Gasteiger charge is 2.46. The van der Waals surface area contributed by atoms with E-state index in [1.807, 2.05) is 6.07 Å². The van der Waals surface area contributed by atoms with Gasteiger partial charge in [-0.1, -0.05) is 59.4 Å². The number of benzene rings is 1. The molecule has 0 amide bonds. The molecule has 0 spiro atoms. The molecule has 0 bridgehead atoms. The van der Waals surface area contributed by atoms with Crippen molar-refractivity contribution in [1.82, 2.24) is 4.90 Å². The van der Waals surface area contributed by atoms with Crippen LogP contribution in [0.2, 0.25) is 0 Å². The largest absolute Gasteiger partial charge is 0.508 e. The lowest BCUT2D eigenvalue weighted by atomic mass is 9.60. The smallest absolute Gasteiger partial charge is 0.115 e. The molecule has 0 saturated carbocycles. The number of unbranched alkanes of at least 4 members (excludes halogenated alkanes) is 2. The first-order valence-electron chi connectivity index (χ1n) is 10.5. The van der Waals surface area contributed by atoms with Crippen LogP contribution in [0, 0.1) is 5.92 Å². The summed E-state index contributed by atoms with van der Waals surface area (Å²) in [5, 5.41) is 10.1. The van der Waals surface area contributed by atoms with Gasteiger partial charge in [-0.25, -0.2) is 0 Å². The van der Waals surface area contributed by atoms with Gasteiger partial charge in [-0.15, -0.1) is 0 Å². The van der Waals surface area contributed by atoms with Crippen molar-refractivity contribution in [3.05, 3.63) is 29.3 Å². The highest BCUT2D eigenvalue weighted by Crippen LogP contribution is 2.47. The molecule has 1 aromatic rings. The molecule has 0 saturated heterocycles. The van der Waals surface area contributed by atoms with Gasteiger partial charge < -0.3 is 10.0 Å². The molecule has 1 aromatic carbocycles. The van der Waals surface area contributed by atoms with Crippen LogP contribution in [0.5, 0.6) is 5.75 Å². The zero-order chi connectivity index (χ0) is 18.4. The highest BCUT2D eigenvalue weighted by molar-refractivity contribution is 5.44. The van der Waals surface area contributed by atoms with Crippen LogP contribution in [-0.2, 0) is 11.8 Å². The Morgan fingerprint density at radius 1 is 1.12 bits per heavy atom. The quantitative estimate of drug-likeness (QED) is 0.562. The predicted octanol–water partition coefficient (Wildman–Crippen LogP) is 5.91. The van der Waals surface area contributed by atoms with Gasteiger partial charge in [0.25, 0.3) is 0 Å². The summed E-state index contributed by atoms with van der Waals surface area (Å²) in [7, 11) is 2.34. The van der Waals surface area contributed by atoms with Crippen molar-refractivity contribution in [2.75, 3.05) is 13.6 Å². The summed E-state index contributed by atoms with van der Waals surface area (Å²) in [6.45, 7) is 10.5. The number of fused-ring (bicyclic) bond motifs is 1. The lowest BCUT2D eigenvalue weighted by Crippen LogP contribution is -2.55. The van der Waals surface area contributed by atoms with Gasteiger partial charge in [-0.05, 0) is 68.5 Å². The average molecular weight is 346 g/mol. The lowest BCUT2D eigenvalue weighted by Gasteiger charge is -2.51. The number of phenols is 1. The molecule has 2 rings (SSSR count). The molecule has 0 aliphatic heterocycles. The molecule has 25 heavy (non-hydrogen) atoms. The van der Waals surface area contributed by atoms with Crippen molar-refractivity contribution in [2.45, 2.75) is 90.5 Å². The Morgan fingerprint density at radius 3 is 2.52 bits per heavy atom. The van der Waals surface area contributed by atoms with E-state index in [1.165, 1.54) is 62.6 Å². The number of rotatable bonds is 9. The predicted molar refractivity (Wildman–Crippen MR) is 108 cm³/mol. The lowest BCUT2D eigenvalue weighted by molar-refractivity contribution is 0.0724. The van der Waals surface area contributed by atoms with Crippen LogP contribution < -0.4 is 0 Å². The monoisotopic (exact) mass is 345 g/mol. The Morgan fingerprint density at radius 2 is 1.88 bits per heavy atom. The molecule has 0 heterocycles. The molecule has 142 valence electrons. The topological polar surface area (TPSA) is 23.5 Å². The van der Waals surface area contributed by atoms with E-state index in [0.29, 0.717) is 17.7 Å². The highest BCUT2D eigenvalue weighted by atomic mass is 16.3. The SMILES string of the molecule is CCCCCN(C)[C@H]1[C@@H](CCC)Cc2ccc(O)cc2[C@@]1(C)CCC. The maximum absolute atomic E-state index is 10.1. The van der Waals surface area contributed by atoms with Gasteiger partial charge in [0.05, 0.1) is 0 Å². The number of likely N-dealkylation sites (N-methyl/N-ethyl adjacent to an activating group) is 1. The molecular weight excluding hydrogens is 306 g/mol. The summed E-state index contributed by atoms with van der Waals surface area (Å²) >= 11 is 0. The van der Waals surface area contributed by atoms with Crippen LogP contribution >= 0.6 is 0 Å². The first-order chi connectivity index (χ1) is 12.0. The maximum Gasteiger partial charge on any atom is 0.115 e. The van der Waals surface area contributed by atoms with Gasteiger partial charge in [0.1, 0.15) is 5.75 Å². The number of nitrogens with zero attached hydrogens (tertiary/aromatic N) is 1. The molecule has 1 aliphatic rings. The van der Waals surface area contributed by atoms with Crippen LogP contribution in [0.4, 0.5) is 0 Å². The Labute approximate surface area is 155 Å². The minimum absolute atomic E-state index is 0.127. The fraction of sp³-hybridized carbons (Fsp3) is 0.739. The summed E-state index contributed by atoms with van der Waals surface area (Å²) in [4.78, 5) is 2.65. The third-order valence-corrected chi connectivity index (χ3v) is 6.31. The Kier molecular flexibility index (Phi) is 7.37. The zero-order valence-electron chi connectivity index (χ0n) is 17.1. The molecule has 1 aliphatic carbocycles. The van der Waals surface area contributed by atoms with E-state index in [-0.39, 0.29) is 5.41 Å². The van der Waals surface area contributed by atoms with Crippen LogP contribution in [0.25, 0.3) is 0 Å². The van der Waals surface area contributed by atoms with Crippen molar-refractivity contribution in [3.63, 3.8) is 0 Å². The molecule has 0 aromatic heterocycles. The molecule has 3 atom stereocenters. The van der Waals surface area contributed by atoms with E-state index in [2.05, 4.69) is 51.8 Å². The summed E-state index contributed by atoms with van der Waals surface area (Å²) in [5.74, 6) is 1.13. The molecule has 2 nitrogen and oxygen atoms in total. The number of aromatic hydroxyl groups is 1. The Bertz CT molecular complexity index is 541. The molecule has 2 heteroatoms. The fourth-order valence-electron chi connectivity index (χ4n) is 5.38. The van der Waals surface area contributed by atoms with Crippen molar-refractivity contribution >= 4 is 0 Å². The summed E-state index contributed by atoms with van der Waals surface area (Å²) in [6.07, 6.45) is 9.96. The number of hydrogen-bond acceptors (Lipinski definition) is 2. The summed E-state index contributed by atoms with van der Waals surface area (Å²) in [5.41, 5.74) is 2.99. The van der Waals surface area contributed by atoms with E-state index in [9.17, 15) is 5.11 Å². The van der Waals surface area contributed by atoms with Gasteiger partial charge >= 0.3 is 0 Å². The van der Waals surface area contributed by atoms with Gasteiger partial charge in [-0.2, -0.15) is 0 Å². The van der Waals surface area contributed by atoms with Crippen molar-refractivity contribution in [2.24, 2.45) is 5.92 Å². The maximum atomic E-state index is 10.1. The van der Waals surface area contributed by atoms with Gasteiger partial charge in [-0.3, -0.25) is 0 Å². The zero-order valence-corrected chi connectivity index (χ0v) is 17.1. The Hall–Kier alpha value is -1.02. The third-order valence-electron chi connectivity index (χ3n) is 6.31.